The van der Waals surface area contributed by atoms with E-state index in [0.29, 0.717) is 35.1 Å². The summed E-state index contributed by atoms with van der Waals surface area (Å²) in [7, 11) is -2.76. The molecule has 0 atom stereocenters. The zero-order valence-corrected chi connectivity index (χ0v) is 82.7. The van der Waals surface area contributed by atoms with Crippen LogP contribution in [0, 0.1) is 0 Å². The number of hydrogen-bond donors (Lipinski definition) is 0. The molecule has 0 N–H and O–H groups in total. The van der Waals surface area contributed by atoms with E-state index >= 15 is 0 Å². The summed E-state index contributed by atoms with van der Waals surface area (Å²) in [5.41, 5.74) is 25.4. The van der Waals surface area contributed by atoms with Gasteiger partial charge in [-0.1, -0.05) is 388 Å². The molecule has 19 aromatic carbocycles. The van der Waals surface area contributed by atoms with Gasteiger partial charge in [0.05, 0.1) is 44.8 Å². The van der Waals surface area contributed by atoms with Crippen LogP contribution in [0.1, 0.15) is 0 Å². The Hall–Kier alpha value is -19.7. The fourth-order valence-corrected chi connectivity index (χ4v) is 27.4. The first-order valence-corrected chi connectivity index (χ1v) is 53.0. The molecular formula is C135H87N11O2SSi. The van der Waals surface area contributed by atoms with E-state index < -0.39 is 8.07 Å². The summed E-state index contributed by atoms with van der Waals surface area (Å²) < 4.78 is 20.1. The van der Waals surface area contributed by atoms with Crippen LogP contribution >= 0.6 is 11.3 Å². The van der Waals surface area contributed by atoms with Crippen LogP contribution in [0.15, 0.2) is 537 Å². The molecule has 0 amide bonds. The summed E-state index contributed by atoms with van der Waals surface area (Å²) in [6, 6.07) is 181. The van der Waals surface area contributed by atoms with Gasteiger partial charge in [0.15, 0.2) is 37.2 Å². The van der Waals surface area contributed by atoms with Gasteiger partial charge in [-0.15, -0.1) is 11.3 Å². The molecule has 29 aromatic rings. The largest absolute Gasteiger partial charge is 0.455 e. The van der Waals surface area contributed by atoms with Crippen molar-refractivity contribution in [3.05, 3.63) is 528 Å². The molecule has 150 heavy (non-hydrogen) atoms. The van der Waals surface area contributed by atoms with Crippen molar-refractivity contribution in [1.82, 2.24) is 54.0 Å². The zero-order valence-electron chi connectivity index (χ0n) is 80.9. The van der Waals surface area contributed by atoms with Crippen molar-refractivity contribution in [2.75, 3.05) is 0 Å². The Morgan fingerprint density at radius 2 is 0.567 bits per heavy atom. The molecule has 0 aliphatic rings. The monoisotopic (exact) mass is 1950 g/mol. The lowest BCUT2D eigenvalue weighted by atomic mass is 9.91. The predicted molar refractivity (Wildman–Crippen MR) is 619 cm³/mol. The highest BCUT2D eigenvalue weighted by atomic mass is 32.1. The third-order valence-electron chi connectivity index (χ3n) is 28.4. The second-order valence-corrected chi connectivity index (χ2v) is 42.2. The number of pyridine rings is 3. The average Bonchev–Trinajstić information content (AvgIpc) is 0.958. The number of benzene rings is 19. The molecule has 0 aliphatic heterocycles. The van der Waals surface area contributed by atoms with Crippen LogP contribution in [0.25, 0.3) is 244 Å². The van der Waals surface area contributed by atoms with Crippen molar-refractivity contribution in [1.29, 1.82) is 0 Å². The fourth-order valence-electron chi connectivity index (χ4n) is 21.5. The minimum Gasteiger partial charge on any atom is -0.455 e. The molecule has 0 radical (unpaired) electrons. The first-order valence-electron chi connectivity index (χ1n) is 50.2. The van der Waals surface area contributed by atoms with Gasteiger partial charge in [-0.05, 0) is 182 Å². The van der Waals surface area contributed by atoms with Crippen molar-refractivity contribution in [3.63, 3.8) is 0 Å². The lowest BCUT2D eigenvalue weighted by molar-refractivity contribution is 0.670. The summed E-state index contributed by atoms with van der Waals surface area (Å²) >= 11 is 1.80. The summed E-state index contributed by atoms with van der Waals surface area (Å²) in [6.07, 6.45) is 3.59. The van der Waals surface area contributed by atoms with Crippen LogP contribution in [-0.4, -0.2) is 62.1 Å². The minimum absolute atomic E-state index is 0.592. The van der Waals surface area contributed by atoms with Crippen molar-refractivity contribution in [3.8, 4) is 136 Å². The highest BCUT2D eigenvalue weighted by Gasteiger charge is 2.42. The standard InChI is InChI=1S/C45H28N4S.C45H32N4Si.C45H27N3O2/c1-3-12-29(13-4-1)31-16-11-17-34(26-31)49-39-20-9-7-18-35(39)38-27-32(23-25-40(38)49)44-46-43(30-14-5-2-6-15-30)47-45(48-44)33-22-24-37-36-19-8-10-21-41(36)50-42(37)28-33;1-5-18-33(19-6-1)43-46-44(48-45(47-43)49-41-30-15-13-28-39(41)40-29-14-16-31-42(40)49)34-20-17-27-38(32-34)50(35-21-7-2-8-22-35,36-23-9-3-10-24-36)37-25-11-4-12-26-37;1-3-19-42-34(11-1)36-15-9-13-32(44(36)49-42)30-23-28(24-31(25-30)33-14-10-16-37-35-12-2-4-20-43(35)50-45(33)37)29-26-40(38-17-5-7-21-46-38)48-41(27-29)39-18-6-8-22-47-39/h1-28H;1-32H;1-27H. The number of nitrogens with zero attached hydrogens (tertiary/aromatic N) is 11. The van der Waals surface area contributed by atoms with Crippen LogP contribution < -0.4 is 20.7 Å². The van der Waals surface area contributed by atoms with Crippen molar-refractivity contribution in [2.24, 2.45) is 0 Å². The van der Waals surface area contributed by atoms with Crippen LogP contribution in [0.2, 0.25) is 0 Å². The summed E-state index contributed by atoms with van der Waals surface area (Å²) in [5, 5.41) is 16.8. The van der Waals surface area contributed by atoms with E-state index in [-0.39, 0.29) is 0 Å². The SMILES string of the molecule is c1ccc(-c2cc(-c3cc(-c4cccc5c4oc4ccccc45)cc(-c4cccc5c4oc4ccccc45)c3)cc(-c3ccccn3)n2)nc1.c1ccc(-c2cccc(-n3c4ccccc4c4cc(-c5nc(-c6ccccc6)nc(-c6ccc7c(c6)sc6ccccc67)n5)ccc43)c2)cc1.c1ccc(-c2nc(-c3cccc([Si](c4ccccc4)(c4ccccc4)c4ccccc4)c3)nc(-n3c4ccccc4c4ccccc43)n2)cc1. The first kappa shape index (κ1) is 89.2. The van der Waals surface area contributed by atoms with Gasteiger partial charge in [-0.25, -0.2) is 24.9 Å². The van der Waals surface area contributed by atoms with E-state index in [4.69, 9.17) is 43.7 Å². The number of aromatic nitrogens is 11. The van der Waals surface area contributed by atoms with Gasteiger partial charge in [-0.2, -0.15) is 9.97 Å². The van der Waals surface area contributed by atoms with E-state index in [9.17, 15) is 0 Å². The molecule has 0 unspecified atom stereocenters. The Labute approximate surface area is 868 Å². The van der Waals surface area contributed by atoms with Crippen molar-refractivity contribution >= 4 is 148 Å². The molecule has 29 rings (SSSR count). The molecular weight excluding hydrogens is 1870 g/mol. The van der Waals surface area contributed by atoms with Gasteiger partial charge >= 0.3 is 0 Å². The normalized spacial score (nSPS) is 11.6. The Kier molecular flexibility index (Phi) is 22.8. The highest BCUT2D eigenvalue weighted by molar-refractivity contribution is 7.25. The lowest BCUT2D eigenvalue weighted by Gasteiger charge is -2.34. The maximum Gasteiger partial charge on any atom is 0.238 e. The molecule has 10 heterocycles. The fraction of sp³-hybridized carbons (Fsp3) is 0. The summed E-state index contributed by atoms with van der Waals surface area (Å²) in [4.78, 5) is 45.1. The van der Waals surface area contributed by atoms with Gasteiger partial charge in [0.25, 0.3) is 0 Å². The third kappa shape index (κ3) is 16.4. The topological polar surface area (TPSA) is 152 Å². The van der Waals surface area contributed by atoms with Crippen LogP contribution in [0.4, 0.5) is 0 Å². The molecule has 0 fully saturated rings. The summed E-state index contributed by atoms with van der Waals surface area (Å²) in [6.45, 7) is 0. The Balaban J connectivity index is 0.000000111. The summed E-state index contributed by atoms with van der Waals surface area (Å²) in [5.74, 6) is 3.82. The van der Waals surface area contributed by atoms with Crippen LogP contribution in [-0.2, 0) is 0 Å². The zero-order chi connectivity index (χ0) is 99.4. The van der Waals surface area contributed by atoms with E-state index in [1.807, 2.05) is 97.1 Å². The van der Waals surface area contributed by atoms with Gasteiger partial charge in [0.1, 0.15) is 22.3 Å². The van der Waals surface area contributed by atoms with Crippen LogP contribution in [0.3, 0.4) is 0 Å². The van der Waals surface area contributed by atoms with E-state index in [2.05, 4.69) is 438 Å². The number of furan rings is 2. The van der Waals surface area contributed by atoms with Crippen molar-refractivity contribution < 1.29 is 8.83 Å². The molecule has 0 bridgehead atoms. The second-order valence-electron chi connectivity index (χ2n) is 37.3. The number of para-hydroxylation sites is 7. The maximum absolute atomic E-state index is 6.55. The number of rotatable bonds is 17. The third-order valence-corrected chi connectivity index (χ3v) is 34.3. The number of hydrogen-bond acceptors (Lipinski definition) is 12. The van der Waals surface area contributed by atoms with Crippen molar-refractivity contribution in [2.45, 2.75) is 0 Å². The lowest BCUT2D eigenvalue weighted by Crippen LogP contribution is -2.74. The van der Waals surface area contributed by atoms with Crippen LogP contribution in [0.5, 0.6) is 0 Å². The molecule has 0 aliphatic carbocycles. The second kappa shape index (κ2) is 38.4. The minimum atomic E-state index is -2.76. The maximum atomic E-state index is 6.55. The Morgan fingerprint density at radius 1 is 0.193 bits per heavy atom. The molecule has 0 saturated heterocycles. The molecule has 15 heteroatoms. The molecule has 0 spiro atoms. The smallest absolute Gasteiger partial charge is 0.238 e. The molecule has 704 valence electrons. The Bertz CT molecular complexity index is 9830. The average molecular weight is 1960 g/mol. The van der Waals surface area contributed by atoms with Gasteiger partial charge < -0.3 is 13.4 Å². The first-order chi connectivity index (χ1) is 74.3. The van der Waals surface area contributed by atoms with E-state index in [0.717, 1.165) is 172 Å². The van der Waals surface area contributed by atoms with Gasteiger partial charge in [0.2, 0.25) is 5.95 Å². The predicted octanol–water partition coefficient (Wildman–Crippen LogP) is 31.7. The molecule has 0 saturated carbocycles. The quantitative estimate of drug-likeness (QED) is 0.0632. The van der Waals surface area contributed by atoms with E-state index in [1.165, 1.54) is 57.4 Å². The van der Waals surface area contributed by atoms with E-state index in [1.54, 1.807) is 23.7 Å². The number of thiophene rings is 1. The Morgan fingerprint density at radius 3 is 1.11 bits per heavy atom. The van der Waals surface area contributed by atoms with Gasteiger partial charge in [-0.3, -0.25) is 14.5 Å². The molecule has 10 aromatic heterocycles. The molecule has 13 nitrogen and oxygen atoms in total. The highest BCUT2D eigenvalue weighted by Crippen LogP contribution is 2.46. The number of fused-ring (bicyclic) bond motifs is 15. The van der Waals surface area contributed by atoms with Gasteiger partial charge in [0, 0.05) is 120 Å².